The summed E-state index contributed by atoms with van der Waals surface area (Å²) in [5, 5.41) is 8.50. The van der Waals surface area contributed by atoms with Gasteiger partial charge in [0.05, 0.1) is 0 Å². The number of fused-ring (bicyclic) bond motifs is 14. The first kappa shape index (κ1) is 30.6. The van der Waals surface area contributed by atoms with Crippen LogP contribution in [0, 0.1) is 43.2 Å². The van der Waals surface area contributed by atoms with Crippen LogP contribution in [-0.4, -0.2) is 0 Å². The third-order valence-corrected chi connectivity index (χ3v) is 10.5. The van der Waals surface area contributed by atoms with Crippen molar-refractivity contribution in [2.75, 3.05) is 0 Å². The Morgan fingerprint density at radius 3 is 1.09 bits per heavy atom. The van der Waals surface area contributed by atoms with Crippen LogP contribution >= 0.6 is 0 Å². The Kier molecular flexibility index (Phi) is 6.65. The van der Waals surface area contributed by atoms with Crippen LogP contribution in [0.2, 0.25) is 0 Å². The maximum atomic E-state index is 6.40. The summed E-state index contributed by atoms with van der Waals surface area (Å²) < 4.78 is 25.3. The van der Waals surface area contributed by atoms with Crippen molar-refractivity contribution < 1.29 is 48.8 Å². The van der Waals surface area contributed by atoms with E-state index in [4.69, 9.17) is 17.7 Å². The molecule has 0 amide bonds. The molecular weight excluding hydrogens is 879 g/mol. The number of hydrogen-bond donors (Lipinski definition) is 0. The van der Waals surface area contributed by atoms with E-state index in [-0.39, 0.29) is 31.1 Å². The molecule has 8 aromatic carbocycles. The minimum absolute atomic E-state index is 0. The smallest absolute Gasteiger partial charge is 0.452 e. The molecule has 0 aliphatic heterocycles. The molecule has 0 radical (unpaired) electrons. The molecule has 12 rings (SSSR count). The molecule has 0 saturated heterocycles. The van der Waals surface area contributed by atoms with Gasteiger partial charge in [-0.1, -0.05) is 48.5 Å². The molecule has 53 heavy (non-hydrogen) atoms. The fourth-order valence-electron chi connectivity index (χ4n) is 8.00. The van der Waals surface area contributed by atoms with Gasteiger partial charge in [-0.2, -0.15) is 36.4 Å². The van der Waals surface area contributed by atoms with Crippen LogP contribution in [-0.2, 0) is 0 Å². The Balaban J connectivity index is 0.00000331. The molecule has 0 N–H and O–H groups in total. The molecule has 0 saturated carbocycles. The molecule has 4 nitrogen and oxygen atoms in total. The zero-order valence-electron chi connectivity index (χ0n) is 28.0. The van der Waals surface area contributed by atoms with Crippen molar-refractivity contribution in [3.8, 4) is 33.4 Å². The summed E-state index contributed by atoms with van der Waals surface area (Å²) in [6, 6.07) is 57.0. The number of furan rings is 4. The van der Waals surface area contributed by atoms with Crippen molar-refractivity contribution >= 4 is 87.8 Å². The molecule has 0 unspecified atom stereocenters. The monoisotopic (exact) mass is 902 g/mol. The predicted molar refractivity (Wildman–Crippen MR) is 210 cm³/mol. The molecule has 0 aliphatic rings. The average Bonchev–Trinajstić information content (AvgIpc) is 3.97. The summed E-state index contributed by atoms with van der Waals surface area (Å²) in [4.78, 5) is 0. The molecule has 0 bridgehead atoms. The average molecular weight is 903 g/mol. The molecule has 5 heteroatoms. The molecule has 0 fully saturated rings. The maximum Gasteiger partial charge on any atom is 2.00 e. The third kappa shape index (κ3) is 4.55. The van der Waals surface area contributed by atoms with Gasteiger partial charge >= 0.3 is 31.1 Å². The topological polar surface area (TPSA) is 52.6 Å². The van der Waals surface area contributed by atoms with Crippen LogP contribution in [0.15, 0.2) is 163 Å². The first-order valence-corrected chi connectivity index (χ1v) is 17.3. The van der Waals surface area contributed by atoms with Crippen LogP contribution in [0.25, 0.3) is 121 Å². The van der Waals surface area contributed by atoms with E-state index in [0.717, 1.165) is 121 Å². The maximum absolute atomic E-state index is 6.40. The summed E-state index contributed by atoms with van der Waals surface area (Å²) in [6.45, 7) is 0. The van der Waals surface area contributed by atoms with Crippen LogP contribution in [0.1, 0.15) is 0 Å². The van der Waals surface area contributed by atoms with Crippen molar-refractivity contribution in [1.29, 1.82) is 0 Å². The fraction of sp³-hybridized carbons (Fsp3) is 0. The van der Waals surface area contributed by atoms with E-state index < -0.39 is 0 Å². The normalized spacial score (nSPS) is 12.0. The van der Waals surface area contributed by atoms with E-state index in [1.165, 1.54) is 0 Å². The van der Waals surface area contributed by atoms with Gasteiger partial charge in [0.2, 0.25) is 0 Å². The molecule has 0 aliphatic carbocycles. The number of benzene rings is 8. The minimum atomic E-state index is 0. The zero-order valence-corrected chi connectivity index (χ0v) is 32.2. The number of rotatable bonds is 3. The first-order chi connectivity index (χ1) is 25.7. The molecule has 4 aromatic heterocycles. The van der Waals surface area contributed by atoms with Gasteiger partial charge in [0.25, 0.3) is 0 Å². The quantitative estimate of drug-likeness (QED) is 0.166. The van der Waals surface area contributed by atoms with Gasteiger partial charge in [0, 0.05) is 43.1 Å². The summed E-state index contributed by atoms with van der Waals surface area (Å²) >= 11 is 0. The third-order valence-electron chi connectivity index (χ3n) is 10.5. The van der Waals surface area contributed by atoms with E-state index >= 15 is 0 Å². The van der Waals surface area contributed by atoms with E-state index in [0.29, 0.717) is 0 Å². The Labute approximate surface area is 325 Å². The van der Waals surface area contributed by atoms with E-state index in [2.05, 4.69) is 109 Å². The second kappa shape index (κ2) is 11.5. The van der Waals surface area contributed by atoms with Crippen molar-refractivity contribution in [3.63, 3.8) is 0 Å². The van der Waals surface area contributed by atoms with Gasteiger partial charge in [0.15, 0.2) is 22.3 Å². The van der Waals surface area contributed by atoms with Crippen molar-refractivity contribution in [1.82, 2.24) is 0 Å². The van der Waals surface area contributed by atoms with Crippen LogP contribution in [0.4, 0.5) is 0 Å². The summed E-state index contributed by atoms with van der Waals surface area (Å²) in [6.07, 6.45) is 0. The van der Waals surface area contributed by atoms with Gasteiger partial charge in [-0.15, -0.1) is 23.3 Å². The fourth-order valence-corrected chi connectivity index (χ4v) is 8.00. The Hall–Kier alpha value is -5.99. The Morgan fingerprint density at radius 1 is 0.302 bits per heavy atom. The minimum Gasteiger partial charge on any atom is -0.452 e. The number of hydrogen-bond acceptors (Lipinski definition) is 4. The van der Waals surface area contributed by atoms with Crippen LogP contribution in [0.3, 0.4) is 0 Å². The first-order valence-electron chi connectivity index (χ1n) is 17.3. The zero-order chi connectivity index (χ0) is 33.9. The van der Waals surface area contributed by atoms with Gasteiger partial charge in [-0.25, -0.2) is 11.1 Å². The summed E-state index contributed by atoms with van der Waals surface area (Å²) in [7, 11) is 0. The van der Waals surface area contributed by atoms with Crippen molar-refractivity contribution in [3.05, 3.63) is 158 Å². The molecule has 244 valence electrons. The molecule has 4 heterocycles. The van der Waals surface area contributed by atoms with Crippen molar-refractivity contribution in [2.24, 2.45) is 0 Å². The van der Waals surface area contributed by atoms with E-state index in [1.807, 2.05) is 48.5 Å². The van der Waals surface area contributed by atoms with E-state index in [9.17, 15) is 0 Å². The summed E-state index contributed by atoms with van der Waals surface area (Å²) in [5.74, 6) is 0. The molecular formula is C48H24O4U. The predicted octanol–water partition coefficient (Wildman–Crippen LogP) is 13.9. The Bertz CT molecular complexity index is 3200. The van der Waals surface area contributed by atoms with Crippen molar-refractivity contribution in [2.45, 2.75) is 0 Å². The largest absolute Gasteiger partial charge is 2.00 e. The second-order valence-corrected chi connectivity index (χ2v) is 13.4. The number of para-hydroxylation sites is 2. The van der Waals surface area contributed by atoms with Crippen LogP contribution in [0.5, 0.6) is 0 Å². The van der Waals surface area contributed by atoms with Gasteiger partial charge in [0.1, 0.15) is 22.3 Å². The SMILES string of the molecule is [U+2].[c-]1ccc(-c2ccc3oc4c(ccc5c6ccccc6oc54)c3c2)cc1-c1[c-]ccc(-c2ccc3oc4c(ccc5c6ccccc6oc54)c3c2)c1. The van der Waals surface area contributed by atoms with Gasteiger partial charge in [-0.3, -0.25) is 0 Å². The summed E-state index contributed by atoms with van der Waals surface area (Å²) in [5.41, 5.74) is 12.8. The Morgan fingerprint density at radius 2 is 0.660 bits per heavy atom. The second-order valence-electron chi connectivity index (χ2n) is 13.4. The molecule has 12 aromatic rings. The van der Waals surface area contributed by atoms with Gasteiger partial charge < -0.3 is 17.7 Å². The molecule has 0 spiro atoms. The van der Waals surface area contributed by atoms with E-state index in [1.54, 1.807) is 0 Å². The molecule has 0 atom stereocenters. The van der Waals surface area contributed by atoms with Gasteiger partial charge in [-0.05, 0) is 71.8 Å². The van der Waals surface area contributed by atoms with Crippen LogP contribution < -0.4 is 0 Å². The standard InChI is InChI=1S/C48H24O4.U/c1-3-13-41-33(11-1)35-17-19-37-39-25-31(15-21-43(39)51-47(37)45(35)49-41)29-9-5-7-27(23-29)28-8-6-10-30(24-28)32-16-22-44-40(26-32)38-20-18-36-34-12-2-4-14-42(34)50-46(36)48(38)52-44;/h1-6,9-26H;/q-2;+2.